The van der Waals surface area contributed by atoms with Crippen LogP contribution in [0.4, 0.5) is 5.69 Å². The maximum atomic E-state index is 12.3. The standard InChI is InChI=1S/C20H29N3O4/c1-4-27-20(26)15-8-10-23(11-9-15)13-18(24)22-17-7-5-6-16(12-17)19(25)21-14(2)3/h5-7,12,14-15H,4,8-11,13H2,1-3H3,(H,21,25)(H,22,24). The molecule has 1 fully saturated rings. The van der Waals surface area contributed by atoms with Crippen LogP contribution in [0.25, 0.3) is 0 Å². The van der Waals surface area contributed by atoms with Crippen molar-refractivity contribution in [1.82, 2.24) is 10.2 Å². The number of nitrogens with zero attached hydrogens (tertiary/aromatic N) is 1. The van der Waals surface area contributed by atoms with E-state index in [0.717, 1.165) is 0 Å². The highest BCUT2D eigenvalue weighted by molar-refractivity contribution is 5.97. The van der Waals surface area contributed by atoms with Crippen LogP contribution < -0.4 is 10.6 Å². The van der Waals surface area contributed by atoms with Gasteiger partial charge in [0.15, 0.2) is 0 Å². The molecule has 0 spiro atoms. The molecule has 0 bridgehead atoms. The number of ether oxygens (including phenoxy) is 1. The van der Waals surface area contributed by atoms with Gasteiger partial charge in [-0.15, -0.1) is 0 Å². The topological polar surface area (TPSA) is 87.7 Å². The molecule has 0 radical (unpaired) electrons. The van der Waals surface area contributed by atoms with E-state index in [2.05, 4.69) is 10.6 Å². The lowest BCUT2D eigenvalue weighted by molar-refractivity contribution is -0.149. The van der Waals surface area contributed by atoms with Crippen LogP contribution in [0.3, 0.4) is 0 Å². The third-order valence-electron chi connectivity index (χ3n) is 4.40. The van der Waals surface area contributed by atoms with Crippen molar-refractivity contribution >= 4 is 23.5 Å². The molecule has 0 unspecified atom stereocenters. The van der Waals surface area contributed by atoms with Crippen LogP contribution >= 0.6 is 0 Å². The van der Waals surface area contributed by atoms with Gasteiger partial charge in [-0.3, -0.25) is 19.3 Å². The van der Waals surface area contributed by atoms with Crippen LogP contribution in [-0.2, 0) is 14.3 Å². The Morgan fingerprint density at radius 2 is 1.93 bits per heavy atom. The average Bonchev–Trinajstić information content (AvgIpc) is 2.62. The van der Waals surface area contributed by atoms with Crippen LogP contribution in [-0.4, -0.2) is 55.0 Å². The van der Waals surface area contributed by atoms with Gasteiger partial charge in [-0.25, -0.2) is 0 Å². The lowest BCUT2D eigenvalue weighted by Gasteiger charge is -2.30. The third kappa shape index (κ3) is 6.67. The number of benzene rings is 1. The lowest BCUT2D eigenvalue weighted by Crippen LogP contribution is -2.41. The number of amides is 2. The van der Waals surface area contributed by atoms with E-state index in [9.17, 15) is 14.4 Å². The second-order valence-corrected chi connectivity index (χ2v) is 7.06. The number of carbonyl (C=O) groups excluding carboxylic acids is 3. The molecule has 1 saturated heterocycles. The van der Waals surface area contributed by atoms with E-state index in [1.807, 2.05) is 18.7 Å². The summed E-state index contributed by atoms with van der Waals surface area (Å²) >= 11 is 0. The average molecular weight is 375 g/mol. The highest BCUT2D eigenvalue weighted by Crippen LogP contribution is 2.19. The quantitative estimate of drug-likeness (QED) is 0.712. The number of hydrogen-bond acceptors (Lipinski definition) is 5. The summed E-state index contributed by atoms with van der Waals surface area (Å²) in [6.45, 7) is 7.64. The zero-order valence-corrected chi connectivity index (χ0v) is 16.3. The van der Waals surface area contributed by atoms with Crippen molar-refractivity contribution in [3.8, 4) is 0 Å². The van der Waals surface area contributed by atoms with E-state index < -0.39 is 0 Å². The van der Waals surface area contributed by atoms with E-state index in [0.29, 0.717) is 43.8 Å². The minimum atomic E-state index is -0.165. The molecule has 1 aromatic carbocycles. The molecule has 7 heteroatoms. The van der Waals surface area contributed by atoms with Gasteiger partial charge < -0.3 is 15.4 Å². The Balaban J connectivity index is 1.83. The first-order valence-corrected chi connectivity index (χ1v) is 9.48. The predicted molar refractivity (Wildman–Crippen MR) is 103 cm³/mol. The number of carbonyl (C=O) groups is 3. The van der Waals surface area contributed by atoms with Crippen LogP contribution in [0.15, 0.2) is 24.3 Å². The minimum Gasteiger partial charge on any atom is -0.466 e. The van der Waals surface area contributed by atoms with Gasteiger partial charge in [0.2, 0.25) is 5.91 Å². The van der Waals surface area contributed by atoms with E-state index in [1.54, 1.807) is 31.2 Å². The third-order valence-corrected chi connectivity index (χ3v) is 4.40. The molecule has 0 saturated carbocycles. The number of rotatable bonds is 7. The first kappa shape index (κ1) is 20.9. The predicted octanol–water partition coefficient (Wildman–Crippen LogP) is 2.04. The summed E-state index contributed by atoms with van der Waals surface area (Å²) in [4.78, 5) is 38.2. The van der Waals surface area contributed by atoms with Gasteiger partial charge in [0, 0.05) is 17.3 Å². The Bertz CT molecular complexity index is 667. The number of piperidine rings is 1. The molecule has 148 valence electrons. The molecule has 1 heterocycles. The van der Waals surface area contributed by atoms with Gasteiger partial charge in [0.25, 0.3) is 5.91 Å². The SMILES string of the molecule is CCOC(=O)C1CCN(CC(=O)Nc2cccc(C(=O)NC(C)C)c2)CC1. The summed E-state index contributed by atoms with van der Waals surface area (Å²) in [5.74, 6) is -0.508. The maximum absolute atomic E-state index is 12.3. The van der Waals surface area contributed by atoms with Crippen LogP contribution in [0, 0.1) is 5.92 Å². The molecule has 1 aliphatic rings. The highest BCUT2D eigenvalue weighted by Gasteiger charge is 2.26. The van der Waals surface area contributed by atoms with Crippen molar-refractivity contribution in [2.75, 3.05) is 31.6 Å². The van der Waals surface area contributed by atoms with Crippen LogP contribution in [0.5, 0.6) is 0 Å². The molecule has 2 N–H and O–H groups in total. The molecular weight excluding hydrogens is 346 g/mol. The summed E-state index contributed by atoms with van der Waals surface area (Å²) in [5.41, 5.74) is 1.11. The molecule has 27 heavy (non-hydrogen) atoms. The Hall–Kier alpha value is -2.41. The molecule has 2 amide bonds. The van der Waals surface area contributed by atoms with Crippen molar-refractivity contribution in [3.63, 3.8) is 0 Å². The normalized spacial score (nSPS) is 15.4. The Kier molecular flexibility index (Phi) is 7.79. The molecule has 7 nitrogen and oxygen atoms in total. The Labute approximate surface area is 160 Å². The lowest BCUT2D eigenvalue weighted by atomic mass is 9.97. The fraction of sp³-hybridized carbons (Fsp3) is 0.550. The smallest absolute Gasteiger partial charge is 0.309 e. The van der Waals surface area contributed by atoms with Gasteiger partial charge >= 0.3 is 5.97 Å². The van der Waals surface area contributed by atoms with Crippen molar-refractivity contribution in [2.45, 2.75) is 39.7 Å². The number of esters is 1. The van der Waals surface area contributed by atoms with E-state index in [-0.39, 0.29) is 36.3 Å². The zero-order chi connectivity index (χ0) is 19.8. The summed E-state index contributed by atoms with van der Waals surface area (Å²) < 4.78 is 5.06. The second-order valence-electron chi connectivity index (χ2n) is 7.06. The van der Waals surface area contributed by atoms with Gasteiger partial charge in [-0.2, -0.15) is 0 Å². The molecule has 0 aromatic heterocycles. The summed E-state index contributed by atoms with van der Waals surface area (Å²) in [6.07, 6.45) is 1.41. The molecule has 1 aliphatic heterocycles. The highest BCUT2D eigenvalue weighted by atomic mass is 16.5. The Morgan fingerprint density at radius 3 is 2.56 bits per heavy atom. The molecule has 0 atom stereocenters. The van der Waals surface area contributed by atoms with Gasteiger partial charge in [-0.05, 0) is 64.9 Å². The van der Waals surface area contributed by atoms with E-state index >= 15 is 0 Å². The van der Waals surface area contributed by atoms with Crippen LogP contribution in [0.1, 0.15) is 44.0 Å². The molecule has 0 aliphatic carbocycles. The summed E-state index contributed by atoms with van der Waals surface area (Å²) in [5, 5.41) is 5.67. The minimum absolute atomic E-state index is 0.0493. The number of nitrogens with one attached hydrogen (secondary N) is 2. The zero-order valence-electron chi connectivity index (χ0n) is 16.3. The first-order chi connectivity index (χ1) is 12.9. The van der Waals surface area contributed by atoms with Gasteiger partial charge in [0.05, 0.1) is 19.1 Å². The maximum Gasteiger partial charge on any atom is 0.309 e. The monoisotopic (exact) mass is 375 g/mol. The van der Waals surface area contributed by atoms with Gasteiger partial charge in [0.1, 0.15) is 0 Å². The fourth-order valence-corrected chi connectivity index (χ4v) is 3.07. The van der Waals surface area contributed by atoms with Gasteiger partial charge in [-0.1, -0.05) is 6.07 Å². The van der Waals surface area contributed by atoms with Crippen LogP contribution in [0.2, 0.25) is 0 Å². The molecular formula is C20H29N3O4. The largest absolute Gasteiger partial charge is 0.466 e. The van der Waals surface area contributed by atoms with Crippen molar-refractivity contribution < 1.29 is 19.1 Å². The summed E-state index contributed by atoms with van der Waals surface area (Å²) in [6, 6.07) is 6.94. The van der Waals surface area contributed by atoms with E-state index in [1.165, 1.54) is 0 Å². The second kappa shape index (κ2) is 10.1. The number of anilines is 1. The van der Waals surface area contributed by atoms with E-state index in [4.69, 9.17) is 4.74 Å². The Morgan fingerprint density at radius 1 is 1.22 bits per heavy atom. The summed E-state index contributed by atoms with van der Waals surface area (Å²) in [7, 11) is 0. The molecule has 2 rings (SSSR count). The van der Waals surface area contributed by atoms with Crippen molar-refractivity contribution in [3.05, 3.63) is 29.8 Å². The fourth-order valence-electron chi connectivity index (χ4n) is 3.07. The first-order valence-electron chi connectivity index (χ1n) is 9.48. The van der Waals surface area contributed by atoms with Crippen molar-refractivity contribution in [2.24, 2.45) is 5.92 Å². The molecule has 1 aromatic rings. The number of hydrogen-bond donors (Lipinski definition) is 2. The number of likely N-dealkylation sites (tertiary alicyclic amines) is 1. The van der Waals surface area contributed by atoms with Crippen molar-refractivity contribution in [1.29, 1.82) is 0 Å².